The van der Waals surface area contributed by atoms with Crippen molar-refractivity contribution < 1.29 is 23.9 Å². The third-order valence-electron chi connectivity index (χ3n) is 4.41. The van der Waals surface area contributed by atoms with Crippen molar-refractivity contribution in [3.63, 3.8) is 0 Å². The number of carbonyl (C=O) groups excluding carboxylic acids is 3. The van der Waals surface area contributed by atoms with Crippen molar-refractivity contribution >= 4 is 23.5 Å². The van der Waals surface area contributed by atoms with Crippen LogP contribution in [0.1, 0.15) is 37.0 Å². The molecule has 0 spiro atoms. The number of benzene rings is 2. The molecule has 0 saturated carbocycles. The minimum atomic E-state index is -0.973. The number of hydrogen-bond acceptors (Lipinski definition) is 5. The summed E-state index contributed by atoms with van der Waals surface area (Å²) in [5.41, 5.74) is 1.10. The molecule has 1 atom stereocenters. The normalized spacial score (nSPS) is 11.3. The zero-order chi connectivity index (χ0) is 21.9. The highest BCUT2D eigenvalue weighted by Gasteiger charge is 2.22. The fourth-order valence-electron chi connectivity index (χ4n) is 2.63. The first-order chi connectivity index (χ1) is 14.4. The van der Waals surface area contributed by atoms with Crippen LogP contribution in [-0.2, 0) is 14.3 Å². The second-order valence-electron chi connectivity index (χ2n) is 6.77. The van der Waals surface area contributed by atoms with Gasteiger partial charge in [-0.3, -0.25) is 14.4 Å². The van der Waals surface area contributed by atoms with Gasteiger partial charge in [0, 0.05) is 18.3 Å². The highest BCUT2D eigenvalue weighted by molar-refractivity contribution is 5.98. The van der Waals surface area contributed by atoms with Gasteiger partial charge in [0.25, 0.3) is 11.8 Å². The number of esters is 1. The average Bonchev–Trinajstić information content (AvgIpc) is 2.77. The SMILES string of the molecule is CCCCOc1ccc(C(=O)NCC(=O)O[C@@H](C)C(=O)N(C)c2ccccc2)cc1. The summed E-state index contributed by atoms with van der Waals surface area (Å²) in [6, 6.07) is 15.7. The minimum absolute atomic E-state index is 0.333. The van der Waals surface area contributed by atoms with Crippen molar-refractivity contribution in [1.82, 2.24) is 5.32 Å². The summed E-state index contributed by atoms with van der Waals surface area (Å²) in [6.07, 6.45) is 1.04. The van der Waals surface area contributed by atoms with Crippen molar-refractivity contribution in [3.05, 3.63) is 60.2 Å². The third kappa shape index (κ3) is 6.92. The van der Waals surface area contributed by atoms with Crippen LogP contribution in [0.25, 0.3) is 0 Å². The number of unbranched alkanes of at least 4 members (excludes halogenated alkanes) is 1. The Kier molecular flexibility index (Phi) is 8.87. The average molecular weight is 412 g/mol. The lowest BCUT2D eigenvalue weighted by atomic mass is 10.2. The predicted octanol–water partition coefficient (Wildman–Crippen LogP) is 3.19. The van der Waals surface area contributed by atoms with Gasteiger partial charge in [-0.1, -0.05) is 31.5 Å². The third-order valence-corrected chi connectivity index (χ3v) is 4.41. The van der Waals surface area contributed by atoms with Crippen LogP contribution in [0.2, 0.25) is 0 Å². The predicted molar refractivity (Wildman–Crippen MR) is 115 cm³/mol. The Morgan fingerprint density at radius 1 is 1.03 bits per heavy atom. The molecule has 0 unspecified atom stereocenters. The first-order valence-electron chi connectivity index (χ1n) is 9.95. The molecule has 2 amide bonds. The summed E-state index contributed by atoms with van der Waals surface area (Å²) in [6.45, 7) is 3.88. The second-order valence-corrected chi connectivity index (χ2v) is 6.77. The summed E-state index contributed by atoms with van der Waals surface area (Å²) in [4.78, 5) is 38.1. The number of nitrogens with zero attached hydrogens (tertiary/aromatic N) is 1. The van der Waals surface area contributed by atoms with Crippen LogP contribution in [-0.4, -0.2) is 44.1 Å². The van der Waals surface area contributed by atoms with Gasteiger partial charge >= 0.3 is 5.97 Å². The van der Waals surface area contributed by atoms with Crippen molar-refractivity contribution in [2.45, 2.75) is 32.8 Å². The van der Waals surface area contributed by atoms with E-state index in [4.69, 9.17) is 9.47 Å². The molecule has 0 aliphatic rings. The zero-order valence-corrected chi connectivity index (χ0v) is 17.6. The van der Waals surface area contributed by atoms with E-state index in [0.717, 1.165) is 12.8 Å². The van der Waals surface area contributed by atoms with E-state index in [9.17, 15) is 14.4 Å². The molecule has 30 heavy (non-hydrogen) atoms. The highest BCUT2D eigenvalue weighted by atomic mass is 16.5. The molecule has 0 bridgehead atoms. The van der Waals surface area contributed by atoms with Gasteiger partial charge in [0.1, 0.15) is 12.3 Å². The molecule has 0 radical (unpaired) electrons. The van der Waals surface area contributed by atoms with Gasteiger partial charge in [0.15, 0.2) is 6.10 Å². The van der Waals surface area contributed by atoms with Crippen LogP contribution in [0.15, 0.2) is 54.6 Å². The highest BCUT2D eigenvalue weighted by Crippen LogP contribution is 2.14. The molecule has 2 aromatic carbocycles. The number of hydrogen-bond donors (Lipinski definition) is 1. The zero-order valence-electron chi connectivity index (χ0n) is 17.6. The Morgan fingerprint density at radius 3 is 2.33 bits per heavy atom. The summed E-state index contributed by atoms with van der Waals surface area (Å²) < 4.78 is 10.7. The smallest absolute Gasteiger partial charge is 0.326 e. The molecule has 0 aliphatic carbocycles. The summed E-state index contributed by atoms with van der Waals surface area (Å²) in [7, 11) is 1.61. The number of likely N-dealkylation sites (N-methyl/N-ethyl adjacent to an activating group) is 1. The Hall–Kier alpha value is -3.35. The minimum Gasteiger partial charge on any atom is -0.494 e. The van der Waals surface area contributed by atoms with E-state index in [1.807, 2.05) is 18.2 Å². The van der Waals surface area contributed by atoms with Gasteiger partial charge in [-0.05, 0) is 49.7 Å². The lowest BCUT2D eigenvalue weighted by Gasteiger charge is -2.21. The molecule has 0 saturated heterocycles. The van der Waals surface area contributed by atoms with Crippen molar-refractivity contribution in [1.29, 1.82) is 0 Å². The molecule has 7 heteroatoms. The van der Waals surface area contributed by atoms with Crippen molar-refractivity contribution in [2.75, 3.05) is 25.1 Å². The fraction of sp³-hybridized carbons (Fsp3) is 0.348. The molecule has 0 aromatic heterocycles. The van der Waals surface area contributed by atoms with Crippen LogP contribution < -0.4 is 15.0 Å². The molecule has 2 rings (SSSR count). The van der Waals surface area contributed by atoms with E-state index in [1.54, 1.807) is 43.4 Å². The summed E-state index contributed by atoms with van der Waals surface area (Å²) in [5.74, 6) is -0.772. The van der Waals surface area contributed by atoms with E-state index in [-0.39, 0.29) is 12.5 Å². The van der Waals surface area contributed by atoms with Gasteiger partial charge in [0.2, 0.25) is 0 Å². The van der Waals surface area contributed by atoms with E-state index in [2.05, 4.69) is 12.2 Å². The van der Waals surface area contributed by atoms with Gasteiger partial charge in [-0.25, -0.2) is 0 Å². The van der Waals surface area contributed by atoms with Gasteiger partial charge < -0.3 is 19.7 Å². The fourth-order valence-corrected chi connectivity index (χ4v) is 2.63. The molecule has 7 nitrogen and oxygen atoms in total. The Labute approximate surface area is 177 Å². The van der Waals surface area contributed by atoms with Gasteiger partial charge in [-0.15, -0.1) is 0 Å². The van der Waals surface area contributed by atoms with E-state index < -0.39 is 18.0 Å². The lowest BCUT2D eigenvalue weighted by Crippen LogP contribution is -2.39. The number of amides is 2. The maximum absolute atomic E-state index is 12.4. The molecule has 0 heterocycles. The number of anilines is 1. The monoisotopic (exact) mass is 412 g/mol. The van der Waals surface area contributed by atoms with Crippen LogP contribution in [0.4, 0.5) is 5.69 Å². The summed E-state index contributed by atoms with van der Waals surface area (Å²) in [5, 5.41) is 2.50. The Balaban J connectivity index is 1.79. The van der Waals surface area contributed by atoms with Crippen LogP contribution >= 0.6 is 0 Å². The van der Waals surface area contributed by atoms with Crippen LogP contribution in [0.5, 0.6) is 5.75 Å². The molecular weight excluding hydrogens is 384 g/mol. The van der Waals surface area contributed by atoms with Gasteiger partial charge in [-0.2, -0.15) is 0 Å². The number of carbonyl (C=O) groups is 3. The van der Waals surface area contributed by atoms with Crippen molar-refractivity contribution in [3.8, 4) is 5.75 Å². The van der Waals surface area contributed by atoms with E-state index >= 15 is 0 Å². The second kappa shape index (κ2) is 11.6. The van der Waals surface area contributed by atoms with Crippen LogP contribution in [0.3, 0.4) is 0 Å². The topological polar surface area (TPSA) is 84.9 Å². The van der Waals surface area contributed by atoms with Crippen molar-refractivity contribution in [2.24, 2.45) is 0 Å². The van der Waals surface area contributed by atoms with Crippen LogP contribution in [0, 0.1) is 0 Å². The lowest BCUT2D eigenvalue weighted by molar-refractivity contribution is -0.152. The Morgan fingerprint density at radius 2 is 1.70 bits per heavy atom. The quantitative estimate of drug-likeness (QED) is 0.479. The molecule has 2 aromatic rings. The first kappa shape index (κ1) is 22.9. The number of para-hydroxylation sites is 1. The van der Waals surface area contributed by atoms with E-state index in [1.165, 1.54) is 11.8 Å². The molecule has 1 N–H and O–H groups in total. The first-order valence-corrected chi connectivity index (χ1v) is 9.95. The number of rotatable bonds is 10. The van der Waals surface area contributed by atoms with E-state index in [0.29, 0.717) is 23.6 Å². The maximum Gasteiger partial charge on any atom is 0.326 e. The molecule has 160 valence electrons. The molecule has 0 fully saturated rings. The summed E-state index contributed by atoms with van der Waals surface area (Å²) >= 11 is 0. The number of ether oxygens (including phenoxy) is 2. The number of nitrogens with one attached hydrogen (secondary N) is 1. The molecule has 0 aliphatic heterocycles. The maximum atomic E-state index is 12.4. The Bertz CT molecular complexity index is 836. The molecular formula is C23H28N2O5. The standard InChI is InChI=1S/C23H28N2O5/c1-4-5-15-29-20-13-11-18(12-14-20)22(27)24-16-21(26)30-17(2)23(28)25(3)19-9-7-6-8-10-19/h6-14,17H,4-5,15-16H2,1-3H3,(H,24,27)/t17-/m0/s1. The van der Waals surface area contributed by atoms with Gasteiger partial charge in [0.05, 0.1) is 6.61 Å². The largest absolute Gasteiger partial charge is 0.494 e.